The van der Waals surface area contributed by atoms with Gasteiger partial charge < -0.3 is 4.42 Å². The Morgan fingerprint density at radius 3 is 2.95 bits per heavy atom. The lowest BCUT2D eigenvalue weighted by Gasteiger charge is -1.94. The maximum Gasteiger partial charge on any atom is 0.235 e. The zero-order valence-electron chi connectivity index (χ0n) is 10.4. The summed E-state index contributed by atoms with van der Waals surface area (Å²) < 4.78 is 7.00. The van der Waals surface area contributed by atoms with Crippen LogP contribution in [0.5, 0.6) is 0 Å². The van der Waals surface area contributed by atoms with Crippen LogP contribution in [0.4, 0.5) is 0 Å². The minimum Gasteiger partial charge on any atom is -0.469 e. The second kappa shape index (κ2) is 4.20. The van der Waals surface area contributed by atoms with Gasteiger partial charge in [0.25, 0.3) is 0 Å². The molecule has 0 bridgehead atoms. The van der Waals surface area contributed by atoms with E-state index in [1.807, 2.05) is 13.0 Å². The molecule has 0 spiro atoms. The Morgan fingerprint density at radius 1 is 1.25 bits per heavy atom. The Labute approximate surface area is 116 Å². The lowest BCUT2D eigenvalue weighted by atomic mass is 10.2. The molecule has 0 aliphatic rings. The molecule has 0 N–H and O–H groups in total. The predicted octanol–water partition coefficient (Wildman–Crippen LogP) is 2.21. The van der Waals surface area contributed by atoms with E-state index >= 15 is 0 Å². The highest BCUT2D eigenvalue weighted by atomic mass is 32.1. The SMILES string of the molecule is Cc1occc1-c1nnc2sc(-c3cnccn3)nn12. The van der Waals surface area contributed by atoms with Crippen LogP contribution in [-0.4, -0.2) is 29.8 Å². The Morgan fingerprint density at radius 2 is 2.20 bits per heavy atom. The molecule has 20 heavy (non-hydrogen) atoms. The predicted molar refractivity (Wildman–Crippen MR) is 72.1 cm³/mol. The molecule has 4 heterocycles. The molecule has 0 fully saturated rings. The Balaban J connectivity index is 1.90. The first-order chi connectivity index (χ1) is 9.83. The summed E-state index contributed by atoms with van der Waals surface area (Å²) in [4.78, 5) is 8.99. The highest BCUT2D eigenvalue weighted by Crippen LogP contribution is 2.28. The van der Waals surface area contributed by atoms with Crippen LogP contribution in [0.25, 0.3) is 27.1 Å². The van der Waals surface area contributed by atoms with E-state index in [9.17, 15) is 0 Å². The lowest BCUT2D eigenvalue weighted by molar-refractivity contribution is 0.535. The van der Waals surface area contributed by atoms with E-state index in [0.29, 0.717) is 10.8 Å². The Kier molecular flexibility index (Phi) is 2.36. The number of furan rings is 1. The molecule has 98 valence electrons. The van der Waals surface area contributed by atoms with Crippen molar-refractivity contribution in [3.05, 3.63) is 36.7 Å². The van der Waals surface area contributed by atoms with Gasteiger partial charge in [-0.15, -0.1) is 10.2 Å². The van der Waals surface area contributed by atoms with E-state index in [1.54, 1.807) is 29.4 Å². The third-order valence-corrected chi connectivity index (χ3v) is 3.79. The zero-order valence-corrected chi connectivity index (χ0v) is 11.2. The minimum absolute atomic E-state index is 0.664. The lowest BCUT2D eigenvalue weighted by Crippen LogP contribution is -1.92. The van der Waals surface area contributed by atoms with Gasteiger partial charge in [-0.1, -0.05) is 11.3 Å². The monoisotopic (exact) mass is 284 g/mol. The largest absolute Gasteiger partial charge is 0.469 e. The van der Waals surface area contributed by atoms with Gasteiger partial charge in [0, 0.05) is 12.4 Å². The Hall–Kier alpha value is -2.61. The van der Waals surface area contributed by atoms with Crippen molar-refractivity contribution in [2.45, 2.75) is 6.92 Å². The van der Waals surface area contributed by atoms with Gasteiger partial charge in [-0.25, -0.2) is 0 Å². The fraction of sp³-hybridized carbons (Fsp3) is 0.0833. The van der Waals surface area contributed by atoms with Crippen molar-refractivity contribution in [1.29, 1.82) is 0 Å². The molecule has 0 amide bonds. The summed E-state index contributed by atoms with van der Waals surface area (Å²) in [6.07, 6.45) is 6.57. The molecule has 0 unspecified atom stereocenters. The Bertz CT molecular complexity index is 878. The first-order valence-corrected chi connectivity index (χ1v) is 6.67. The van der Waals surface area contributed by atoms with Crippen molar-refractivity contribution in [1.82, 2.24) is 29.8 Å². The van der Waals surface area contributed by atoms with E-state index in [0.717, 1.165) is 22.0 Å². The zero-order chi connectivity index (χ0) is 13.5. The number of hydrogen-bond acceptors (Lipinski definition) is 7. The van der Waals surface area contributed by atoms with E-state index in [4.69, 9.17) is 4.42 Å². The highest BCUT2D eigenvalue weighted by molar-refractivity contribution is 7.19. The van der Waals surface area contributed by atoms with Gasteiger partial charge in [-0.2, -0.15) is 9.61 Å². The smallest absolute Gasteiger partial charge is 0.235 e. The first kappa shape index (κ1) is 11.2. The first-order valence-electron chi connectivity index (χ1n) is 5.86. The van der Waals surface area contributed by atoms with Crippen LogP contribution in [-0.2, 0) is 0 Å². The minimum atomic E-state index is 0.664. The summed E-state index contributed by atoms with van der Waals surface area (Å²) in [5.41, 5.74) is 1.60. The van der Waals surface area contributed by atoms with Crippen LogP contribution in [0.1, 0.15) is 5.76 Å². The second-order valence-electron chi connectivity index (χ2n) is 4.11. The van der Waals surface area contributed by atoms with E-state index in [2.05, 4.69) is 25.3 Å². The molecule has 0 atom stereocenters. The van der Waals surface area contributed by atoms with Crippen LogP contribution in [0.15, 0.2) is 35.3 Å². The molecule has 0 aliphatic carbocycles. The summed E-state index contributed by atoms with van der Waals surface area (Å²) in [7, 11) is 0. The van der Waals surface area contributed by atoms with Crippen LogP contribution < -0.4 is 0 Å². The summed E-state index contributed by atoms with van der Waals surface area (Å²) >= 11 is 1.42. The number of nitrogens with zero attached hydrogens (tertiary/aromatic N) is 6. The molecule has 0 aliphatic heterocycles. The summed E-state index contributed by atoms with van der Waals surface area (Å²) in [6.45, 7) is 1.88. The third-order valence-electron chi connectivity index (χ3n) is 2.87. The normalized spacial score (nSPS) is 11.2. The van der Waals surface area contributed by atoms with Crippen molar-refractivity contribution in [2.24, 2.45) is 0 Å². The van der Waals surface area contributed by atoms with Crippen molar-refractivity contribution in [3.63, 3.8) is 0 Å². The van der Waals surface area contributed by atoms with Crippen LogP contribution in [0.2, 0.25) is 0 Å². The average molecular weight is 284 g/mol. The number of rotatable bonds is 2. The third kappa shape index (κ3) is 1.62. The topological polar surface area (TPSA) is 82.0 Å². The number of fused-ring (bicyclic) bond motifs is 1. The molecule has 8 heteroatoms. The van der Waals surface area contributed by atoms with Gasteiger partial charge in [0.05, 0.1) is 18.0 Å². The summed E-state index contributed by atoms with van der Waals surface area (Å²) in [5, 5.41) is 13.6. The second-order valence-corrected chi connectivity index (χ2v) is 5.06. The van der Waals surface area contributed by atoms with E-state index in [-0.39, 0.29) is 0 Å². The van der Waals surface area contributed by atoms with E-state index in [1.165, 1.54) is 11.3 Å². The van der Waals surface area contributed by atoms with Gasteiger partial charge in [0.15, 0.2) is 10.8 Å². The fourth-order valence-electron chi connectivity index (χ4n) is 1.91. The molecule has 4 aromatic rings. The molecule has 0 radical (unpaired) electrons. The highest BCUT2D eigenvalue weighted by Gasteiger charge is 2.17. The fourth-order valence-corrected chi connectivity index (χ4v) is 2.72. The van der Waals surface area contributed by atoms with Gasteiger partial charge in [0.1, 0.15) is 11.5 Å². The maximum absolute atomic E-state index is 5.30. The quantitative estimate of drug-likeness (QED) is 0.561. The number of aryl methyl sites for hydroxylation is 1. The molecule has 0 saturated heterocycles. The summed E-state index contributed by atoms with van der Waals surface area (Å²) in [6, 6.07) is 1.85. The van der Waals surface area contributed by atoms with Crippen molar-refractivity contribution >= 4 is 16.3 Å². The number of hydrogen-bond donors (Lipinski definition) is 0. The summed E-state index contributed by atoms with van der Waals surface area (Å²) in [5.74, 6) is 1.45. The molecule has 0 saturated carbocycles. The number of aromatic nitrogens is 6. The molecular formula is C12H8N6OS. The molecule has 4 aromatic heterocycles. The van der Waals surface area contributed by atoms with Crippen molar-refractivity contribution in [2.75, 3.05) is 0 Å². The van der Waals surface area contributed by atoms with Gasteiger partial charge in [-0.05, 0) is 13.0 Å². The van der Waals surface area contributed by atoms with Crippen LogP contribution in [0, 0.1) is 6.92 Å². The van der Waals surface area contributed by atoms with Crippen LogP contribution >= 0.6 is 11.3 Å². The molecule has 4 rings (SSSR count). The standard InChI is InChI=1S/C12H8N6OS/c1-7-8(2-5-19-7)10-15-16-12-18(10)17-11(20-12)9-6-13-3-4-14-9/h2-6H,1H3. The van der Waals surface area contributed by atoms with Gasteiger partial charge in [0.2, 0.25) is 4.96 Å². The van der Waals surface area contributed by atoms with Crippen LogP contribution in [0.3, 0.4) is 0 Å². The van der Waals surface area contributed by atoms with Gasteiger partial charge in [-0.3, -0.25) is 9.97 Å². The molecule has 0 aromatic carbocycles. The van der Waals surface area contributed by atoms with E-state index < -0.39 is 0 Å². The van der Waals surface area contributed by atoms with Crippen molar-refractivity contribution < 1.29 is 4.42 Å². The molecular weight excluding hydrogens is 276 g/mol. The average Bonchev–Trinajstić information content (AvgIpc) is 3.15. The maximum atomic E-state index is 5.30. The van der Waals surface area contributed by atoms with Crippen molar-refractivity contribution in [3.8, 4) is 22.1 Å². The van der Waals surface area contributed by atoms with Gasteiger partial charge >= 0.3 is 0 Å². The molecule has 7 nitrogen and oxygen atoms in total.